The Kier molecular flexibility index (Phi) is 6.78. The topological polar surface area (TPSA) is 45.3 Å². The van der Waals surface area contributed by atoms with Crippen molar-refractivity contribution in [3.05, 3.63) is 28.8 Å². The lowest BCUT2D eigenvalue weighted by Gasteiger charge is -2.14. The van der Waals surface area contributed by atoms with Crippen LogP contribution in [0.5, 0.6) is 0 Å². The molecule has 0 radical (unpaired) electrons. The van der Waals surface area contributed by atoms with E-state index in [-0.39, 0.29) is 0 Å². The third-order valence-corrected chi connectivity index (χ3v) is 3.05. The first-order valence-electron chi connectivity index (χ1n) is 5.69. The minimum absolute atomic E-state index is 0.547. The quantitative estimate of drug-likeness (QED) is 0.426. The Morgan fingerprint density at radius 3 is 2.94 bits per heavy atom. The van der Waals surface area contributed by atoms with Crippen LogP contribution in [-0.2, 0) is 4.74 Å². The average Bonchev–Trinajstić information content (AvgIpc) is 2.36. The summed E-state index contributed by atoms with van der Waals surface area (Å²) in [6.07, 6.45) is 0.911. The lowest BCUT2D eigenvalue weighted by Crippen LogP contribution is -2.39. The molecular weight excluding hydrogens is 270 g/mol. The Balaban J connectivity index is 2.32. The second kappa shape index (κ2) is 8.13. The summed E-state index contributed by atoms with van der Waals surface area (Å²) >= 11 is 11.1. The van der Waals surface area contributed by atoms with E-state index in [1.165, 1.54) is 0 Å². The third-order valence-electron chi connectivity index (χ3n) is 2.39. The first-order chi connectivity index (χ1) is 8.65. The van der Waals surface area contributed by atoms with Crippen molar-refractivity contribution in [2.45, 2.75) is 13.3 Å². The Bertz CT molecular complexity index is 401. The molecule has 0 saturated heterocycles. The highest BCUT2D eigenvalue weighted by molar-refractivity contribution is 7.80. The highest BCUT2D eigenvalue weighted by Gasteiger charge is 2.01. The Hall–Kier alpha value is -1.04. The predicted octanol–water partition coefficient (Wildman–Crippen LogP) is 2.48. The second-order valence-corrected chi connectivity index (χ2v) is 4.58. The van der Waals surface area contributed by atoms with Gasteiger partial charge in [-0.2, -0.15) is 0 Å². The van der Waals surface area contributed by atoms with Gasteiger partial charge in [-0.25, -0.2) is 0 Å². The summed E-state index contributed by atoms with van der Waals surface area (Å²) in [5, 5.41) is 4.34. The van der Waals surface area contributed by atoms with Crippen LogP contribution < -0.4 is 16.2 Å². The van der Waals surface area contributed by atoms with Crippen LogP contribution in [0.15, 0.2) is 18.2 Å². The van der Waals surface area contributed by atoms with Crippen LogP contribution in [0.25, 0.3) is 0 Å². The molecule has 100 valence electrons. The molecule has 0 atom stereocenters. The van der Waals surface area contributed by atoms with Crippen LogP contribution in [0.3, 0.4) is 0 Å². The van der Waals surface area contributed by atoms with E-state index in [9.17, 15) is 0 Å². The molecular formula is C12H18ClN3OS. The minimum atomic E-state index is 0.547. The monoisotopic (exact) mass is 287 g/mol. The Morgan fingerprint density at radius 2 is 2.22 bits per heavy atom. The molecule has 1 aromatic carbocycles. The number of rotatable bonds is 6. The molecule has 0 aliphatic heterocycles. The number of anilines is 1. The summed E-state index contributed by atoms with van der Waals surface area (Å²) in [5.41, 5.74) is 7.83. The van der Waals surface area contributed by atoms with Gasteiger partial charge in [0.15, 0.2) is 5.11 Å². The minimum Gasteiger partial charge on any atom is -0.385 e. The number of methoxy groups -OCH3 is 1. The number of hydrogen-bond donors (Lipinski definition) is 3. The van der Waals surface area contributed by atoms with E-state index in [4.69, 9.17) is 28.6 Å². The van der Waals surface area contributed by atoms with Crippen molar-refractivity contribution in [3.8, 4) is 0 Å². The van der Waals surface area contributed by atoms with Crippen molar-refractivity contribution < 1.29 is 4.74 Å². The number of hydrazine groups is 1. The second-order valence-electron chi connectivity index (χ2n) is 3.76. The van der Waals surface area contributed by atoms with Crippen LogP contribution in [0.2, 0.25) is 5.02 Å². The van der Waals surface area contributed by atoms with Gasteiger partial charge in [0.2, 0.25) is 0 Å². The summed E-state index contributed by atoms with van der Waals surface area (Å²) < 4.78 is 4.95. The molecule has 0 saturated carbocycles. The number of thiocarbonyl (C=S) groups is 1. The van der Waals surface area contributed by atoms with Crippen molar-refractivity contribution in [1.82, 2.24) is 10.7 Å². The van der Waals surface area contributed by atoms with Crippen molar-refractivity contribution in [2.75, 3.05) is 25.7 Å². The standard InChI is InChI=1S/C12H18ClN3OS/c1-9-10(13)5-3-6-11(9)15-16-12(18)14-7-4-8-17-2/h3,5-6,15H,4,7-8H2,1-2H3,(H2,14,16,18). The zero-order chi connectivity index (χ0) is 13.4. The van der Waals surface area contributed by atoms with Gasteiger partial charge in [-0.15, -0.1) is 0 Å². The molecule has 4 nitrogen and oxygen atoms in total. The summed E-state index contributed by atoms with van der Waals surface area (Å²) in [6, 6.07) is 5.67. The maximum absolute atomic E-state index is 6.02. The first kappa shape index (κ1) is 15.0. The van der Waals surface area contributed by atoms with E-state index in [0.29, 0.717) is 5.11 Å². The molecule has 0 fully saturated rings. The van der Waals surface area contributed by atoms with E-state index in [0.717, 1.165) is 35.8 Å². The van der Waals surface area contributed by atoms with Crippen molar-refractivity contribution >= 4 is 34.6 Å². The van der Waals surface area contributed by atoms with Crippen molar-refractivity contribution in [2.24, 2.45) is 0 Å². The van der Waals surface area contributed by atoms with Crippen molar-refractivity contribution in [1.29, 1.82) is 0 Å². The highest BCUT2D eigenvalue weighted by atomic mass is 35.5. The average molecular weight is 288 g/mol. The number of nitrogens with one attached hydrogen (secondary N) is 3. The van der Waals surface area contributed by atoms with Gasteiger partial charge in [0.25, 0.3) is 0 Å². The molecule has 1 aromatic rings. The van der Waals surface area contributed by atoms with Gasteiger partial charge >= 0.3 is 0 Å². The van der Waals surface area contributed by atoms with Crippen LogP contribution in [0.1, 0.15) is 12.0 Å². The molecule has 1 rings (SSSR count). The smallest absolute Gasteiger partial charge is 0.185 e. The molecule has 0 amide bonds. The molecule has 18 heavy (non-hydrogen) atoms. The fourth-order valence-corrected chi connectivity index (χ4v) is 1.66. The van der Waals surface area contributed by atoms with Crippen LogP contribution in [-0.4, -0.2) is 25.4 Å². The van der Waals surface area contributed by atoms with Crippen molar-refractivity contribution in [3.63, 3.8) is 0 Å². The third kappa shape index (κ3) is 5.08. The van der Waals surface area contributed by atoms with E-state index in [1.807, 2.05) is 25.1 Å². The highest BCUT2D eigenvalue weighted by Crippen LogP contribution is 2.21. The number of benzene rings is 1. The SMILES string of the molecule is COCCCNC(=S)NNc1cccc(Cl)c1C. The van der Waals surface area contributed by atoms with Crippen LogP contribution >= 0.6 is 23.8 Å². The molecule has 0 bridgehead atoms. The maximum atomic E-state index is 6.02. The Labute approximate surface area is 118 Å². The van der Waals surface area contributed by atoms with Crippen LogP contribution in [0, 0.1) is 6.92 Å². The van der Waals surface area contributed by atoms with Crippen LogP contribution in [0.4, 0.5) is 5.69 Å². The van der Waals surface area contributed by atoms with Gasteiger partial charge in [0.05, 0.1) is 5.69 Å². The van der Waals surface area contributed by atoms with Gasteiger partial charge in [-0.3, -0.25) is 10.9 Å². The maximum Gasteiger partial charge on any atom is 0.185 e. The summed E-state index contributed by atoms with van der Waals surface area (Å²) in [6.45, 7) is 3.44. The largest absolute Gasteiger partial charge is 0.385 e. The van der Waals surface area contributed by atoms with Gasteiger partial charge in [-0.05, 0) is 43.3 Å². The molecule has 0 heterocycles. The summed E-state index contributed by atoms with van der Waals surface area (Å²) in [7, 11) is 1.68. The van der Waals surface area contributed by atoms with Gasteiger partial charge in [-0.1, -0.05) is 17.7 Å². The fourth-order valence-electron chi connectivity index (χ4n) is 1.33. The molecule has 0 spiro atoms. The molecule has 0 aromatic heterocycles. The number of halogens is 1. The van der Waals surface area contributed by atoms with E-state index < -0.39 is 0 Å². The van der Waals surface area contributed by atoms with Gasteiger partial charge in [0, 0.05) is 25.3 Å². The fraction of sp³-hybridized carbons (Fsp3) is 0.417. The van der Waals surface area contributed by atoms with E-state index in [1.54, 1.807) is 7.11 Å². The van der Waals surface area contributed by atoms with E-state index >= 15 is 0 Å². The zero-order valence-electron chi connectivity index (χ0n) is 10.5. The predicted molar refractivity (Wildman–Crippen MR) is 80.0 cm³/mol. The molecule has 3 N–H and O–H groups in total. The molecule has 0 aliphatic carbocycles. The number of ether oxygens (including phenoxy) is 1. The van der Waals surface area contributed by atoms with Gasteiger partial charge < -0.3 is 10.1 Å². The lowest BCUT2D eigenvalue weighted by atomic mass is 10.2. The Morgan fingerprint density at radius 1 is 1.44 bits per heavy atom. The summed E-state index contributed by atoms with van der Waals surface area (Å²) in [5.74, 6) is 0. The number of hydrogen-bond acceptors (Lipinski definition) is 3. The zero-order valence-corrected chi connectivity index (χ0v) is 12.1. The lowest BCUT2D eigenvalue weighted by molar-refractivity contribution is 0.195. The van der Waals surface area contributed by atoms with Gasteiger partial charge in [0.1, 0.15) is 0 Å². The first-order valence-corrected chi connectivity index (χ1v) is 6.47. The molecule has 6 heteroatoms. The van der Waals surface area contributed by atoms with E-state index in [2.05, 4.69) is 16.2 Å². The molecule has 0 aliphatic rings. The normalized spacial score (nSPS) is 9.94. The summed E-state index contributed by atoms with van der Waals surface area (Å²) in [4.78, 5) is 0. The molecule has 0 unspecified atom stereocenters.